The van der Waals surface area contributed by atoms with Crippen molar-refractivity contribution >= 4 is 41.3 Å². The Morgan fingerprint density at radius 2 is 2.00 bits per heavy atom. The average Bonchev–Trinajstić information content (AvgIpc) is 3.06. The highest BCUT2D eigenvalue weighted by Crippen LogP contribution is 2.24. The van der Waals surface area contributed by atoms with Crippen molar-refractivity contribution in [3.63, 3.8) is 0 Å². The standard InChI is InChI=1S/C19H28N4O2S.HI/c1-5-20-19(22-11-9-16-13-26-14(2)23-16)21-10-8-15-12-17(24-3)6-7-18(15)25-4;/h6-7,12-13H,5,8-11H2,1-4H3,(H2,20,21,22);1H. The summed E-state index contributed by atoms with van der Waals surface area (Å²) in [5, 5.41) is 9.85. The number of nitrogens with one attached hydrogen (secondary N) is 2. The summed E-state index contributed by atoms with van der Waals surface area (Å²) in [5.41, 5.74) is 2.21. The normalized spacial score (nSPS) is 10.9. The molecule has 0 aliphatic heterocycles. The summed E-state index contributed by atoms with van der Waals surface area (Å²) in [6.07, 6.45) is 1.67. The van der Waals surface area contributed by atoms with Gasteiger partial charge in [-0.1, -0.05) is 0 Å². The van der Waals surface area contributed by atoms with Gasteiger partial charge in [0.05, 0.1) is 24.9 Å². The number of guanidine groups is 1. The zero-order valence-electron chi connectivity index (χ0n) is 16.4. The second-order valence-corrected chi connectivity index (χ2v) is 6.79. The van der Waals surface area contributed by atoms with Gasteiger partial charge in [0.15, 0.2) is 5.96 Å². The van der Waals surface area contributed by atoms with Crippen molar-refractivity contribution in [3.8, 4) is 11.5 Å². The fraction of sp³-hybridized carbons (Fsp3) is 0.474. The lowest BCUT2D eigenvalue weighted by Gasteiger charge is -2.13. The minimum absolute atomic E-state index is 0. The molecule has 1 aromatic heterocycles. The zero-order chi connectivity index (χ0) is 18.8. The molecule has 0 unspecified atom stereocenters. The number of benzene rings is 1. The monoisotopic (exact) mass is 504 g/mol. The summed E-state index contributed by atoms with van der Waals surface area (Å²) in [6, 6.07) is 5.85. The quantitative estimate of drug-likeness (QED) is 0.311. The van der Waals surface area contributed by atoms with Gasteiger partial charge in [0.25, 0.3) is 0 Å². The van der Waals surface area contributed by atoms with E-state index >= 15 is 0 Å². The molecule has 0 saturated heterocycles. The molecular formula is C19H29IN4O2S. The molecule has 0 aliphatic rings. The molecule has 150 valence electrons. The van der Waals surface area contributed by atoms with Crippen LogP contribution in [-0.4, -0.2) is 44.8 Å². The molecular weight excluding hydrogens is 475 g/mol. The molecule has 2 N–H and O–H groups in total. The number of aromatic nitrogens is 1. The van der Waals surface area contributed by atoms with Gasteiger partial charge in [0.1, 0.15) is 11.5 Å². The van der Waals surface area contributed by atoms with E-state index in [2.05, 4.69) is 32.9 Å². The van der Waals surface area contributed by atoms with Crippen molar-refractivity contribution in [1.29, 1.82) is 0 Å². The molecule has 6 nitrogen and oxygen atoms in total. The number of ether oxygens (including phenoxy) is 2. The highest BCUT2D eigenvalue weighted by Gasteiger charge is 2.06. The number of rotatable bonds is 9. The Hall–Kier alpha value is -1.55. The van der Waals surface area contributed by atoms with Gasteiger partial charge in [0, 0.05) is 31.4 Å². The SMILES string of the molecule is CCNC(=NCCc1csc(C)n1)NCCc1cc(OC)ccc1OC.I. The van der Waals surface area contributed by atoms with Crippen LogP contribution in [-0.2, 0) is 12.8 Å². The Bertz CT molecular complexity index is 721. The number of methoxy groups -OCH3 is 2. The number of aryl methyl sites for hydroxylation is 1. The van der Waals surface area contributed by atoms with Crippen molar-refractivity contribution in [2.24, 2.45) is 4.99 Å². The lowest BCUT2D eigenvalue weighted by Crippen LogP contribution is -2.38. The molecule has 0 atom stereocenters. The average molecular weight is 504 g/mol. The van der Waals surface area contributed by atoms with E-state index in [1.165, 1.54) is 0 Å². The number of halogens is 1. The predicted octanol–water partition coefficient (Wildman–Crippen LogP) is 3.43. The maximum Gasteiger partial charge on any atom is 0.191 e. The first kappa shape index (κ1) is 23.5. The van der Waals surface area contributed by atoms with Gasteiger partial charge < -0.3 is 20.1 Å². The Balaban J connectivity index is 0.00000364. The molecule has 0 spiro atoms. The molecule has 0 amide bonds. The lowest BCUT2D eigenvalue weighted by atomic mass is 10.1. The van der Waals surface area contributed by atoms with Gasteiger partial charge >= 0.3 is 0 Å². The van der Waals surface area contributed by atoms with E-state index in [4.69, 9.17) is 9.47 Å². The second-order valence-electron chi connectivity index (χ2n) is 5.72. The van der Waals surface area contributed by atoms with E-state index in [-0.39, 0.29) is 24.0 Å². The first-order chi connectivity index (χ1) is 12.7. The van der Waals surface area contributed by atoms with Gasteiger partial charge in [-0.15, -0.1) is 35.3 Å². The van der Waals surface area contributed by atoms with E-state index in [1.807, 2.05) is 25.1 Å². The van der Waals surface area contributed by atoms with Gasteiger partial charge in [-0.2, -0.15) is 0 Å². The maximum atomic E-state index is 5.43. The van der Waals surface area contributed by atoms with Crippen molar-refractivity contribution in [1.82, 2.24) is 15.6 Å². The fourth-order valence-electron chi connectivity index (χ4n) is 2.54. The van der Waals surface area contributed by atoms with Gasteiger partial charge in [-0.05, 0) is 44.0 Å². The summed E-state index contributed by atoms with van der Waals surface area (Å²) in [7, 11) is 3.36. The largest absolute Gasteiger partial charge is 0.497 e. The molecule has 2 aromatic rings. The van der Waals surface area contributed by atoms with Gasteiger partial charge in [-0.3, -0.25) is 4.99 Å². The predicted molar refractivity (Wildman–Crippen MR) is 123 cm³/mol. The van der Waals surface area contributed by atoms with E-state index in [0.29, 0.717) is 6.54 Å². The molecule has 1 heterocycles. The minimum Gasteiger partial charge on any atom is -0.497 e. The van der Waals surface area contributed by atoms with Crippen LogP contribution < -0.4 is 20.1 Å². The highest BCUT2D eigenvalue weighted by atomic mass is 127. The number of nitrogens with zero attached hydrogens (tertiary/aromatic N) is 2. The van der Waals surface area contributed by atoms with Gasteiger partial charge in [-0.25, -0.2) is 4.98 Å². The molecule has 8 heteroatoms. The molecule has 0 saturated carbocycles. The molecule has 0 radical (unpaired) electrons. The minimum atomic E-state index is 0. The molecule has 0 aliphatic carbocycles. The fourth-order valence-corrected chi connectivity index (χ4v) is 3.19. The molecule has 0 fully saturated rings. The van der Waals surface area contributed by atoms with Crippen LogP contribution in [0.1, 0.15) is 23.2 Å². The first-order valence-corrected chi connectivity index (χ1v) is 9.68. The Labute approximate surface area is 182 Å². The Morgan fingerprint density at radius 3 is 2.63 bits per heavy atom. The van der Waals surface area contributed by atoms with E-state index in [1.54, 1.807) is 25.6 Å². The molecule has 27 heavy (non-hydrogen) atoms. The summed E-state index contributed by atoms with van der Waals surface area (Å²) >= 11 is 1.68. The number of thiazole rings is 1. The van der Waals surface area contributed by atoms with Crippen molar-refractivity contribution in [2.75, 3.05) is 33.9 Å². The van der Waals surface area contributed by atoms with E-state index in [9.17, 15) is 0 Å². The molecule has 0 bridgehead atoms. The second kappa shape index (κ2) is 12.8. The van der Waals surface area contributed by atoms with Crippen LogP contribution in [0.15, 0.2) is 28.6 Å². The van der Waals surface area contributed by atoms with Crippen LogP contribution in [0.2, 0.25) is 0 Å². The smallest absolute Gasteiger partial charge is 0.191 e. The topological polar surface area (TPSA) is 67.8 Å². The summed E-state index contributed by atoms with van der Waals surface area (Å²) in [6.45, 7) is 6.37. The Kier molecular flexibility index (Phi) is 11.1. The van der Waals surface area contributed by atoms with Crippen LogP contribution >= 0.6 is 35.3 Å². The van der Waals surface area contributed by atoms with E-state index < -0.39 is 0 Å². The third-order valence-corrected chi connectivity index (χ3v) is 4.65. The maximum absolute atomic E-state index is 5.43. The van der Waals surface area contributed by atoms with Crippen LogP contribution in [0, 0.1) is 6.92 Å². The van der Waals surface area contributed by atoms with Crippen LogP contribution in [0.3, 0.4) is 0 Å². The number of hydrogen-bond donors (Lipinski definition) is 2. The van der Waals surface area contributed by atoms with Gasteiger partial charge in [0.2, 0.25) is 0 Å². The van der Waals surface area contributed by atoms with Crippen LogP contribution in [0.25, 0.3) is 0 Å². The van der Waals surface area contributed by atoms with Crippen LogP contribution in [0.4, 0.5) is 0 Å². The highest BCUT2D eigenvalue weighted by molar-refractivity contribution is 14.0. The molecule has 1 aromatic carbocycles. The first-order valence-electron chi connectivity index (χ1n) is 8.80. The lowest BCUT2D eigenvalue weighted by molar-refractivity contribution is 0.398. The summed E-state index contributed by atoms with van der Waals surface area (Å²) in [5.74, 6) is 2.52. The van der Waals surface area contributed by atoms with Crippen molar-refractivity contribution < 1.29 is 9.47 Å². The third kappa shape index (κ3) is 7.92. The Morgan fingerprint density at radius 1 is 1.19 bits per heavy atom. The van der Waals surface area contributed by atoms with Crippen molar-refractivity contribution in [2.45, 2.75) is 26.7 Å². The van der Waals surface area contributed by atoms with Crippen LogP contribution in [0.5, 0.6) is 11.5 Å². The summed E-state index contributed by atoms with van der Waals surface area (Å²) in [4.78, 5) is 9.10. The van der Waals surface area contributed by atoms with Crippen molar-refractivity contribution in [3.05, 3.63) is 39.8 Å². The van der Waals surface area contributed by atoms with E-state index in [0.717, 1.165) is 59.7 Å². The third-order valence-electron chi connectivity index (χ3n) is 3.82. The zero-order valence-corrected chi connectivity index (χ0v) is 19.5. The number of hydrogen-bond acceptors (Lipinski definition) is 5. The summed E-state index contributed by atoms with van der Waals surface area (Å²) < 4.78 is 10.7. The number of aliphatic imine (C=N–C) groups is 1. The molecule has 2 rings (SSSR count).